The molecule has 12 heavy (non-hydrogen) atoms. The molecule has 2 aliphatic rings. The Kier molecular flexibility index (Phi) is 5.50. The number of nitrogens with one attached hydrogen (secondary N) is 1. The second-order valence-corrected chi connectivity index (χ2v) is 3.58. The van der Waals surface area contributed by atoms with Crippen molar-refractivity contribution in [3.05, 3.63) is 0 Å². The molecule has 0 amide bonds. The van der Waals surface area contributed by atoms with Crippen molar-refractivity contribution in [2.45, 2.75) is 31.8 Å². The molecule has 0 spiro atoms. The zero-order valence-corrected chi connectivity index (χ0v) is 9.09. The maximum Gasteiger partial charge on any atom is 0.0167 e. The summed E-state index contributed by atoms with van der Waals surface area (Å²) in [6.07, 6.45) is 2.90. The topological polar surface area (TPSA) is 15.3 Å². The van der Waals surface area contributed by atoms with Gasteiger partial charge < -0.3 is 5.32 Å². The molecule has 2 nitrogen and oxygen atoms in total. The van der Waals surface area contributed by atoms with Crippen molar-refractivity contribution in [1.82, 2.24) is 10.2 Å². The zero-order chi connectivity index (χ0) is 6.97. The molecule has 74 valence electrons. The van der Waals surface area contributed by atoms with Gasteiger partial charge in [0.05, 0.1) is 0 Å². The number of rotatable bonds is 1. The van der Waals surface area contributed by atoms with E-state index >= 15 is 0 Å². The third-order valence-corrected chi connectivity index (χ3v) is 2.46. The SMILES string of the molecule is CC1CN(C2CC2)CCN1.Cl.Cl. The van der Waals surface area contributed by atoms with E-state index in [0.29, 0.717) is 6.04 Å². The highest BCUT2D eigenvalue weighted by atomic mass is 35.5. The van der Waals surface area contributed by atoms with E-state index in [9.17, 15) is 0 Å². The first-order valence-electron chi connectivity index (χ1n) is 4.33. The highest BCUT2D eigenvalue weighted by Crippen LogP contribution is 2.27. The van der Waals surface area contributed by atoms with Gasteiger partial charge in [0.1, 0.15) is 0 Å². The second-order valence-electron chi connectivity index (χ2n) is 3.58. The molecular weight excluding hydrogens is 195 g/mol. The van der Waals surface area contributed by atoms with Gasteiger partial charge in [-0.2, -0.15) is 0 Å². The van der Waals surface area contributed by atoms with Gasteiger partial charge in [-0.3, -0.25) is 4.90 Å². The highest BCUT2D eigenvalue weighted by Gasteiger charge is 2.30. The predicted molar refractivity (Wildman–Crippen MR) is 56.6 cm³/mol. The summed E-state index contributed by atoms with van der Waals surface area (Å²) in [6.45, 7) is 6.01. The van der Waals surface area contributed by atoms with Gasteiger partial charge in [0.15, 0.2) is 0 Å². The number of nitrogens with zero attached hydrogens (tertiary/aromatic N) is 1. The van der Waals surface area contributed by atoms with Crippen LogP contribution in [0, 0.1) is 0 Å². The Balaban J connectivity index is 0.000000605. The molecule has 0 aromatic carbocycles. The van der Waals surface area contributed by atoms with Crippen molar-refractivity contribution >= 4 is 24.8 Å². The van der Waals surface area contributed by atoms with E-state index < -0.39 is 0 Å². The average Bonchev–Trinajstić information content (AvgIpc) is 2.68. The zero-order valence-electron chi connectivity index (χ0n) is 7.45. The van der Waals surface area contributed by atoms with Gasteiger partial charge in [-0.25, -0.2) is 0 Å². The van der Waals surface area contributed by atoms with Crippen LogP contribution in [-0.2, 0) is 0 Å². The Morgan fingerprint density at radius 2 is 1.92 bits per heavy atom. The first kappa shape index (κ1) is 12.5. The first-order valence-corrected chi connectivity index (χ1v) is 4.33. The molecule has 1 saturated carbocycles. The molecule has 1 atom stereocenters. The van der Waals surface area contributed by atoms with Crippen molar-refractivity contribution in [1.29, 1.82) is 0 Å². The fraction of sp³-hybridized carbons (Fsp3) is 1.00. The quantitative estimate of drug-likeness (QED) is 0.706. The lowest BCUT2D eigenvalue weighted by molar-refractivity contribution is 0.198. The van der Waals surface area contributed by atoms with Gasteiger partial charge in [0.2, 0.25) is 0 Å². The molecular formula is C8H18Cl2N2. The summed E-state index contributed by atoms with van der Waals surface area (Å²) < 4.78 is 0. The molecule has 0 aromatic rings. The molecule has 1 saturated heterocycles. The molecule has 0 radical (unpaired) electrons. The van der Waals surface area contributed by atoms with Gasteiger partial charge in [0, 0.05) is 31.7 Å². The van der Waals surface area contributed by atoms with Gasteiger partial charge in [-0.1, -0.05) is 0 Å². The Morgan fingerprint density at radius 3 is 2.42 bits per heavy atom. The first-order chi connectivity index (χ1) is 4.86. The summed E-state index contributed by atoms with van der Waals surface area (Å²) in [5.74, 6) is 0. The van der Waals surface area contributed by atoms with Gasteiger partial charge in [-0.05, 0) is 19.8 Å². The monoisotopic (exact) mass is 212 g/mol. The number of hydrogen-bond acceptors (Lipinski definition) is 2. The number of halogens is 2. The molecule has 1 heterocycles. The van der Waals surface area contributed by atoms with Crippen molar-refractivity contribution in [2.75, 3.05) is 19.6 Å². The lowest BCUT2D eigenvalue weighted by Gasteiger charge is -2.31. The van der Waals surface area contributed by atoms with Crippen molar-refractivity contribution in [3.63, 3.8) is 0 Å². The molecule has 1 aliphatic carbocycles. The van der Waals surface area contributed by atoms with Gasteiger partial charge in [-0.15, -0.1) is 24.8 Å². The highest BCUT2D eigenvalue weighted by molar-refractivity contribution is 5.85. The van der Waals surface area contributed by atoms with Crippen LogP contribution in [0.25, 0.3) is 0 Å². The summed E-state index contributed by atoms with van der Waals surface area (Å²) in [5, 5.41) is 3.45. The Labute approximate surface area is 86.9 Å². The van der Waals surface area contributed by atoms with E-state index in [-0.39, 0.29) is 24.8 Å². The van der Waals surface area contributed by atoms with Crippen molar-refractivity contribution in [3.8, 4) is 0 Å². The molecule has 1 unspecified atom stereocenters. The van der Waals surface area contributed by atoms with Crippen LogP contribution in [0.2, 0.25) is 0 Å². The van der Waals surface area contributed by atoms with E-state index in [0.717, 1.165) is 6.04 Å². The largest absolute Gasteiger partial charge is 0.312 e. The van der Waals surface area contributed by atoms with Crippen LogP contribution in [0.3, 0.4) is 0 Å². The summed E-state index contributed by atoms with van der Waals surface area (Å²) in [5.41, 5.74) is 0. The fourth-order valence-electron chi connectivity index (χ4n) is 1.73. The van der Waals surface area contributed by atoms with Crippen LogP contribution in [-0.4, -0.2) is 36.6 Å². The van der Waals surface area contributed by atoms with Crippen LogP contribution >= 0.6 is 24.8 Å². The van der Waals surface area contributed by atoms with Crippen molar-refractivity contribution < 1.29 is 0 Å². The minimum Gasteiger partial charge on any atom is -0.312 e. The van der Waals surface area contributed by atoms with E-state index in [2.05, 4.69) is 17.1 Å². The third kappa shape index (κ3) is 3.09. The van der Waals surface area contributed by atoms with Crippen LogP contribution < -0.4 is 5.32 Å². The molecule has 2 rings (SSSR count). The molecule has 1 N–H and O–H groups in total. The number of piperazine rings is 1. The second kappa shape index (κ2) is 5.28. The molecule has 1 aliphatic heterocycles. The van der Waals surface area contributed by atoms with Gasteiger partial charge >= 0.3 is 0 Å². The van der Waals surface area contributed by atoms with Crippen LogP contribution in [0.1, 0.15) is 19.8 Å². The minimum atomic E-state index is 0. The molecule has 2 fully saturated rings. The van der Waals surface area contributed by atoms with E-state index in [1.54, 1.807) is 0 Å². The van der Waals surface area contributed by atoms with Crippen molar-refractivity contribution in [2.24, 2.45) is 0 Å². The average molecular weight is 213 g/mol. The Morgan fingerprint density at radius 1 is 1.25 bits per heavy atom. The standard InChI is InChI=1S/C8H16N2.2ClH/c1-7-6-10(5-4-9-7)8-2-3-8;;/h7-9H,2-6H2,1H3;2*1H. The van der Waals surface area contributed by atoms with E-state index in [4.69, 9.17) is 0 Å². The van der Waals surface area contributed by atoms with Gasteiger partial charge in [0.25, 0.3) is 0 Å². The van der Waals surface area contributed by atoms with E-state index in [1.807, 2.05) is 0 Å². The number of hydrogen-bond donors (Lipinski definition) is 1. The Bertz CT molecular complexity index is 128. The Hall–Kier alpha value is 0.500. The van der Waals surface area contributed by atoms with E-state index in [1.165, 1.54) is 32.5 Å². The normalized spacial score (nSPS) is 30.2. The maximum absolute atomic E-state index is 3.45. The minimum absolute atomic E-state index is 0. The summed E-state index contributed by atoms with van der Waals surface area (Å²) >= 11 is 0. The molecule has 4 heteroatoms. The smallest absolute Gasteiger partial charge is 0.0167 e. The van der Waals surface area contributed by atoms with Crippen LogP contribution in [0.5, 0.6) is 0 Å². The summed E-state index contributed by atoms with van der Waals surface area (Å²) in [7, 11) is 0. The maximum atomic E-state index is 3.45. The van der Waals surface area contributed by atoms with Crippen LogP contribution in [0.15, 0.2) is 0 Å². The lowest BCUT2D eigenvalue weighted by atomic mass is 10.2. The fourth-order valence-corrected chi connectivity index (χ4v) is 1.73. The summed E-state index contributed by atoms with van der Waals surface area (Å²) in [4.78, 5) is 2.63. The molecule has 0 aromatic heterocycles. The van der Waals surface area contributed by atoms with Crippen LogP contribution in [0.4, 0.5) is 0 Å². The molecule has 0 bridgehead atoms. The third-order valence-electron chi connectivity index (χ3n) is 2.46. The predicted octanol–water partition coefficient (Wildman–Crippen LogP) is 1.29. The lowest BCUT2D eigenvalue weighted by Crippen LogP contribution is -2.49. The summed E-state index contributed by atoms with van der Waals surface area (Å²) in [6, 6.07) is 1.68.